The van der Waals surface area contributed by atoms with Crippen molar-refractivity contribution in [2.24, 2.45) is 0 Å². The van der Waals surface area contributed by atoms with Crippen LogP contribution in [0.3, 0.4) is 0 Å². The molecule has 0 amide bonds. The van der Waals surface area contributed by atoms with Gasteiger partial charge in [-0.15, -0.1) is 0 Å². The predicted octanol–water partition coefficient (Wildman–Crippen LogP) is 3.57. The van der Waals surface area contributed by atoms with E-state index in [0.717, 1.165) is 42.2 Å². The number of pyridine rings is 1. The number of ether oxygens (including phenoxy) is 2. The predicted molar refractivity (Wildman–Crippen MR) is 104 cm³/mol. The van der Waals surface area contributed by atoms with Gasteiger partial charge in [-0.2, -0.15) is 0 Å². The van der Waals surface area contributed by atoms with Gasteiger partial charge in [0.1, 0.15) is 17.0 Å². The van der Waals surface area contributed by atoms with Gasteiger partial charge in [-0.25, -0.2) is 9.97 Å². The lowest BCUT2D eigenvalue weighted by molar-refractivity contribution is 0.0850. The van der Waals surface area contributed by atoms with Gasteiger partial charge < -0.3 is 14.0 Å². The summed E-state index contributed by atoms with van der Waals surface area (Å²) >= 11 is 3.55. The highest BCUT2D eigenvalue weighted by Gasteiger charge is 2.23. The molecule has 0 saturated heterocycles. The molecule has 5 rings (SSSR count). The number of imidazole rings is 1. The summed E-state index contributed by atoms with van der Waals surface area (Å²) in [5.41, 5.74) is 2.39. The molecule has 0 N–H and O–H groups in total. The fourth-order valence-corrected chi connectivity index (χ4v) is 4.06. The zero-order valence-electron chi connectivity index (χ0n) is 14.7. The monoisotopic (exact) mass is 426 g/mol. The van der Waals surface area contributed by atoms with Crippen LogP contribution in [0.2, 0.25) is 0 Å². The molecular weight excluding hydrogens is 408 g/mol. The van der Waals surface area contributed by atoms with Crippen LogP contribution in [0.15, 0.2) is 53.4 Å². The SMILES string of the molecule is Brc1cnc2n1CCN(Cc1ccc([C@H]3COc4cccnc4O3)cc1)C2. The lowest BCUT2D eigenvalue weighted by atomic mass is 10.1. The van der Waals surface area contributed by atoms with Crippen LogP contribution in [0.4, 0.5) is 0 Å². The average Bonchev–Trinajstić information content (AvgIpc) is 3.08. The van der Waals surface area contributed by atoms with Crippen molar-refractivity contribution in [1.82, 2.24) is 19.4 Å². The molecule has 0 aliphatic carbocycles. The third-order valence-electron chi connectivity index (χ3n) is 5.03. The Morgan fingerprint density at radius 1 is 1.11 bits per heavy atom. The smallest absolute Gasteiger partial charge is 0.257 e. The first kappa shape index (κ1) is 16.8. The molecule has 6 nitrogen and oxygen atoms in total. The second-order valence-electron chi connectivity index (χ2n) is 6.83. The Morgan fingerprint density at radius 3 is 2.89 bits per heavy atom. The quantitative estimate of drug-likeness (QED) is 0.640. The van der Waals surface area contributed by atoms with E-state index in [1.165, 1.54) is 5.56 Å². The first-order chi connectivity index (χ1) is 13.3. The molecular formula is C20H19BrN4O2. The van der Waals surface area contributed by atoms with Crippen molar-refractivity contribution < 1.29 is 9.47 Å². The van der Waals surface area contributed by atoms with Gasteiger partial charge in [-0.05, 0) is 39.2 Å². The number of aromatic nitrogens is 3. The number of hydrogen-bond donors (Lipinski definition) is 0. The van der Waals surface area contributed by atoms with Crippen LogP contribution in [0, 0.1) is 0 Å². The van der Waals surface area contributed by atoms with Gasteiger partial charge in [0.2, 0.25) is 0 Å². The van der Waals surface area contributed by atoms with Crippen LogP contribution >= 0.6 is 15.9 Å². The van der Waals surface area contributed by atoms with Crippen molar-refractivity contribution in [3.05, 3.63) is 70.3 Å². The van der Waals surface area contributed by atoms with Crippen molar-refractivity contribution in [2.75, 3.05) is 13.2 Å². The van der Waals surface area contributed by atoms with Crippen LogP contribution in [0.5, 0.6) is 11.6 Å². The van der Waals surface area contributed by atoms with Crippen LogP contribution in [0.1, 0.15) is 23.1 Å². The maximum Gasteiger partial charge on any atom is 0.257 e. The second kappa shape index (κ2) is 6.98. The lowest BCUT2D eigenvalue weighted by Gasteiger charge is -2.28. The standard InChI is InChI=1S/C20H19BrN4O2/c21-18-10-23-19-12-24(8-9-25(18)19)11-14-3-5-15(6-4-14)17-13-26-16-2-1-7-22-20(16)27-17/h1-7,10,17H,8-9,11-13H2/t17-/m1/s1. The summed E-state index contributed by atoms with van der Waals surface area (Å²) in [6, 6.07) is 12.3. The van der Waals surface area contributed by atoms with Gasteiger partial charge in [0.25, 0.3) is 5.88 Å². The Balaban J connectivity index is 1.25. The zero-order chi connectivity index (χ0) is 18.2. The summed E-state index contributed by atoms with van der Waals surface area (Å²) in [4.78, 5) is 11.1. The fourth-order valence-electron chi connectivity index (χ4n) is 3.58. The summed E-state index contributed by atoms with van der Waals surface area (Å²) in [5, 5.41) is 0. The first-order valence-corrected chi connectivity index (χ1v) is 9.81. The number of hydrogen-bond acceptors (Lipinski definition) is 5. The molecule has 7 heteroatoms. The molecule has 2 aliphatic heterocycles. The van der Waals surface area contributed by atoms with Crippen molar-refractivity contribution in [3.8, 4) is 11.6 Å². The van der Waals surface area contributed by atoms with E-state index in [-0.39, 0.29) is 6.10 Å². The van der Waals surface area contributed by atoms with Crippen molar-refractivity contribution in [1.29, 1.82) is 0 Å². The van der Waals surface area contributed by atoms with Crippen molar-refractivity contribution in [2.45, 2.75) is 25.7 Å². The molecule has 2 aliphatic rings. The van der Waals surface area contributed by atoms with Gasteiger partial charge >= 0.3 is 0 Å². The molecule has 0 saturated carbocycles. The molecule has 0 radical (unpaired) electrons. The first-order valence-electron chi connectivity index (χ1n) is 9.02. The zero-order valence-corrected chi connectivity index (χ0v) is 16.3. The molecule has 138 valence electrons. The summed E-state index contributed by atoms with van der Waals surface area (Å²) in [7, 11) is 0. The largest absolute Gasteiger partial charge is 0.484 e. The molecule has 4 heterocycles. The van der Waals surface area contributed by atoms with Crippen LogP contribution < -0.4 is 9.47 Å². The Hall–Kier alpha value is -2.38. The Labute approximate surface area is 165 Å². The van der Waals surface area contributed by atoms with E-state index in [4.69, 9.17) is 9.47 Å². The molecule has 1 aromatic carbocycles. The number of fused-ring (bicyclic) bond motifs is 2. The molecule has 1 atom stereocenters. The molecule has 0 unspecified atom stereocenters. The minimum Gasteiger partial charge on any atom is -0.484 e. The van der Waals surface area contributed by atoms with Gasteiger partial charge in [-0.3, -0.25) is 4.90 Å². The number of halogens is 1. The highest BCUT2D eigenvalue weighted by molar-refractivity contribution is 9.10. The number of nitrogens with zero attached hydrogens (tertiary/aromatic N) is 4. The minimum atomic E-state index is -0.124. The fraction of sp³-hybridized carbons (Fsp3) is 0.300. The van der Waals surface area contributed by atoms with E-state index in [1.807, 2.05) is 18.3 Å². The summed E-state index contributed by atoms with van der Waals surface area (Å²) in [6.45, 7) is 4.27. The Bertz CT molecular complexity index is 957. The van der Waals surface area contributed by atoms with Crippen LogP contribution in [0.25, 0.3) is 0 Å². The van der Waals surface area contributed by atoms with E-state index >= 15 is 0 Å². The van der Waals surface area contributed by atoms with E-state index in [2.05, 4.69) is 59.6 Å². The molecule has 3 aromatic rings. The van der Waals surface area contributed by atoms with E-state index < -0.39 is 0 Å². The van der Waals surface area contributed by atoms with E-state index in [9.17, 15) is 0 Å². The maximum absolute atomic E-state index is 5.99. The van der Waals surface area contributed by atoms with Crippen LogP contribution in [-0.4, -0.2) is 32.6 Å². The second-order valence-corrected chi connectivity index (χ2v) is 7.64. The van der Waals surface area contributed by atoms with E-state index in [0.29, 0.717) is 18.2 Å². The molecule has 0 fully saturated rings. The Morgan fingerprint density at radius 2 is 2.00 bits per heavy atom. The van der Waals surface area contributed by atoms with E-state index in [1.54, 1.807) is 6.20 Å². The third kappa shape index (κ3) is 3.33. The topological polar surface area (TPSA) is 52.4 Å². The molecule has 2 aromatic heterocycles. The van der Waals surface area contributed by atoms with Crippen molar-refractivity contribution in [3.63, 3.8) is 0 Å². The van der Waals surface area contributed by atoms with Gasteiger partial charge in [-0.1, -0.05) is 24.3 Å². The lowest BCUT2D eigenvalue weighted by Crippen LogP contribution is -2.33. The normalized spacial score (nSPS) is 18.9. The highest BCUT2D eigenvalue weighted by atomic mass is 79.9. The van der Waals surface area contributed by atoms with Gasteiger partial charge in [0.15, 0.2) is 11.9 Å². The molecule has 0 bridgehead atoms. The number of rotatable bonds is 3. The summed E-state index contributed by atoms with van der Waals surface area (Å²) in [6.07, 6.45) is 3.48. The van der Waals surface area contributed by atoms with Gasteiger partial charge in [0.05, 0.1) is 12.7 Å². The summed E-state index contributed by atoms with van der Waals surface area (Å²) in [5.74, 6) is 2.39. The highest BCUT2D eigenvalue weighted by Crippen LogP contribution is 2.34. The van der Waals surface area contributed by atoms with Crippen LogP contribution in [-0.2, 0) is 19.6 Å². The maximum atomic E-state index is 5.99. The summed E-state index contributed by atoms with van der Waals surface area (Å²) < 4.78 is 15.0. The third-order valence-corrected chi connectivity index (χ3v) is 5.67. The van der Waals surface area contributed by atoms with Crippen molar-refractivity contribution >= 4 is 15.9 Å². The van der Waals surface area contributed by atoms with Gasteiger partial charge in [0, 0.05) is 25.8 Å². The Kier molecular flexibility index (Phi) is 4.33. The number of benzene rings is 1. The minimum absolute atomic E-state index is 0.124. The molecule has 0 spiro atoms. The average molecular weight is 427 g/mol. The molecule has 27 heavy (non-hydrogen) atoms.